The Balaban J connectivity index is 1.85. The highest BCUT2D eigenvalue weighted by Gasteiger charge is 2.16. The molecule has 3 aromatic rings. The van der Waals surface area contributed by atoms with Crippen LogP contribution in [0.3, 0.4) is 0 Å². The molecule has 9 nitrogen and oxygen atoms in total. The molecular weight excluding hydrogens is 374 g/mol. The van der Waals surface area contributed by atoms with E-state index in [4.69, 9.17) is 8.83 Å². The van der Waals surface area contributed by atoms with Crippen LogP contribution < -0.4 is 0 Å². The van der Waals surface area contributed by atoms with Crippen LogP contribution in [-0.2, 0) is 11.2 Å². The number of benzene rings is 1. The van der Waals surface area contributed by atoms with Crippen molar-refractivity contribution in [2.45, 2.75) is 18.6 Å². The summed E-state index contributed by atoms with van der Waals surface area (Å²) in [6.45, 7) is 1.84. The molecule has 0 aliphatic carbocycles. The monoisotopic (exact) mass is 387 g/mol. The Morgan fingerprint density at radius 2 is 2.11 bits per heavy atom. The fraction of sp³-hybridized carbons (Fsp3) is 0.118. The first kappa shape index (κ1) is 18.4. The lowest BCUT2D eigenvalue weighted by Gasteiger charge is -1.98. The first-order chi connectivity index (χ1) is 13.0. The Kier molecular flexibility index (Phi) is 5.36. The van der Waals surface area contributed by atoms with E-state index in [1.165, 1.54) is 18.2 Å². The minimum atomic E-state index is -1.18. The molecule has 0 saturated heterocycles. The Morgan fingerprint density at radius 3 is 2.78 bits per heavy atom. The zero-order valence-corrected chi connectivity index (χ0v) is 14.8. The highest BCUT2D eigenvalue weighted by atomic mass is 32.2. The summed E-state index contributed by atoms with van der Waals surface area (Å²) >= 11 is 0.811. The second-order valence-corrected chi connectivity index (χ2v) is 6.23. The summed E-state index contributed by atoms with van der Waals surface area (Å²) in [6, 6.07) is 9.15. The van der Waals surface area contributed by atoms with Gasteiger partial charge >= 0.3 is 5.97 Å². The van der Waals surface area contributed by atoms with Gasteiger partial charge in [0.15, 0.2) is 0 Å². The Hall–Kier alpha value is -3.40. The number of aliphatic carboxylic acids is 1. The summed E-state index contributed by atoms with van der Waals surface area (Å²) in [7, 11) is 0. The van der Waals surface area contributed by atoms with E-state index in [1.54, 1.807) is 24.3 Å². The summed E-state index contributed by atoms with van der Waals surface area (Å²) in [6.07, 6.45) is 1.87. The van der Waals surface area contributed by atoms with Gasteiger partial charge in [0, 0.05) is 30.2 Å². The van der Waals surface area contributed by atoms with E-state index in [-0.39, 0.29) is 21.6 Å². The molecule has 0 spiro atoms. The van der Waals surface area contributed by atoms with Crippen LogP contribution in [0.15, 0.2) is 55.4 Å². The van der Waals surface area contributed by atoms with E-state index in [1.807, 2.05) is 6.92 Å². The maximum absolute atomic E-state index is 11.5. The van der Waals surface area contributed by atoms with Gasteiger partial charge in [0.1, 0.15) is 16.4 Å². The Bertz CT molecular complexity index is 1020. The van der Waals surface area contributed by atoms with Crippen molar-refractivity contribution in [3.63, 3.8) is 0 Å². The van der Waals surface area contributed by atoms with Crippen molar-refractivity contribution in [3.05, 3.63) is 63.1 Å². The zero-order chi connectivity index (χ0) is 19.4. The van der Waals surface area contributed by atoms with Gasteiger partial charge in [-0.15, -0.1) is 10.2 Å². The van der Waals surface area contributed by atoms with Crippen molar-refractivity contribution in [2.24, 2.45) is 0 Å². The fourth-order valence-corrected chi connectivity index (χ4v) is 2.81. The summed E-state index contributed by atoms with van der Waals surface area (Å²) in [5, 5.41) is 27.9. The Morgan fingerprint density at radius 1 is 1.30 bits per heavy atom. The lowest BCUT2D eigenvalue weighted by atomic mass is 10.1. The summed E-state index contributed by atoms with van der Waals surface area (Å²) in [4.78, 5) is 21.8. The minimum Gasteiger partial charge on any atom is -0.477 e. The van der Waals surface area contributed by atoms with Crippen molar-refractivity contribution in [2.75, 3.05) is 0 Å². The highest BCUT2D eigenvalue weighted by molar-refractivity contribution is 8.03. The van der Waals surface area contributed by atoms with E-state index >= 15 is 0 Å². The quantitative estimate of drug-likeness (QED) is 0.276. The Labute approximate surface area is 156 Å². The predicted octanol–water partition coefficient (Wildman–Crippen LogP) is 4.02. The number of aromatic nitrogens is 2. The number of nitrogens with zero attached hydrogens (tertiary/aromatic N) is 3. The molecule has 2 aromatic heterocycles. The molecular formula is C17H13N3O6S. The highest BCUT2D eigenvalue weighted by Crippen LogP contribution is 2.30. The number of hydrogen-bond acceptors (Lipinski definition) is 8. The number of thioether (sulfide) groups is 1. The van der Waals surface area contributed by atoms with Crippen LogP contribution in [0.1, 0.15) is 18.6 Å². The van der Waals surface area contributed by atoms with E-state index < -0.39 is 10.9 Å². The van der Waals surface area contributed by atoms with Crippen LogP contribution in [0.25, 0.3) is 17.4 Å². The molecule has 1 aromatic carbocycles. The lowest BCUT2D eigenvalue weighted by Crippen LogP contribution is -1.96. The molecule has 0 atom stereocenters. The smallest absolute Gasteiger partial charge is 0.342 e. The van der Waals surface area contributed by atoms with Crippen LogP contribution in [0.5, 0.6) is 0 Å². The van der Waals surface area contributed by atoms with E-state index in [0.29, 0.717) is 23.6 Å². The van der Waals surface area contributed by atoms with Gasteiger partial charge in [-0.2, -0.15) is 0 Å². The molecule has 10 heteroatoms. The van der Waals surface area contributed by atoms with Crippen molar-refractivity contribution in [1.29, 1.82) is 0 Å². The SMILES string of the molecule is CCc1nnc(S/C(=C\c2ccc(-c3cccc([N+](=O)[O-])c3)o2)C(=O)O)o1. The first-order valence-electron chi connectivity index (χ1n) is 7.76. The second kappa shape index (κ2) is 7.87. The number of rotatable bonds is 7. The molecule has 0 unspecified atom stereocenters. The molecule has 0 bridgehead atoms. The van der Waals surface area contributed by atoms with Gasteiger partial charge in [0.25, 0.3) is 10.9 Å². The number of carboxylic acid groups (broad SMARTS) is 1. The van der Waals surface area contributed by atoms with E-state index in [0.717, 1.165) is 11.8 Å². The van der Waals surface area contributed by atoms with Crippen LogP contribution in [0.4, 0.5) is 5.69 Å². The van der Waals surface area contributed by atoms with Gasteiger partial charge in [0.05, 0.1) is 4.92 Å². The summed E-state index contributed by atoms with van der Waals surface area (Å²) in [5.74, 6) is -0.111. The van der Waals surface area contributed by atoms with Crippen LogP contribution >= 0.6 is 11.8 Å². The standard InChI is InChI=1S/C17H13N3O6S/c1-2-15-18-19-17(26-15)27-14(16(21)22)9-12-6-7-13(25-12)10-4-3-5-11(8-10)20(23)24/h3-9H,2H2,1H3,(H,21,22)/b14-9-. The molecule has 3 rings (SSSR count). The molecule has 0 aliphatic rings. The molecule has 0 amide bonds. The van der Waals surface area contributed by atoms with Gasteiger partial charge in [-0.05, 0) is 23.9 Å². The number of furan rings is 1. The molecule has 0 fully saturated rings. The van der Waals surface area contributed by atoms with Gasteiger partial charge in [0.2, 0.25) is 5.89 Å². The maximum atomic E-state index is 11.5. The number of aryl methyl sites for hydroxylation is 1. The maximum Gasteiger partial charge on any atom is 0.342 e. The fourth-order valence-electron chi connectivity index (χ4n) is 2.14. The molecule has 138 valence electrons. The third kappa shape index (κ3) is 4.42. The van der Waals surface area contributed by atoms with Crippen LogP contribution in [-0.4, -0.2) is 26.2 Å². The first-order valence-corrected chi connectivity index (χ1v) is 8.58. The number of nitro benzene ring substituents is 1. The zero-order valence-electron chi connectivity index (χ0n) is 14.0. The van der Waals surface area contributed by atoms with Crippen molar-refractivity contribution < 1.29 is 23.7 Å². The molecule has 1 N–H and O–H groups in total. The molecule has 0 saturated carbocycles. The molecule has 27 heavy (non-hydrogen) atoms. The largest absolute Gasteiger partial charge is 0.477 e. The average Bonchev–Trinajstić information content (AvgIpc) is 3.30. The van der Waals surface area contributed by atoms with Crippen molar-refractivity contribution in [1.82, 2.24) is 10.2 Å². The topological polar surface area (TPSA) is 132 Å². The van der Waals surface area contributed by atoms with Gasteiger partial charge in [-0.3, -0.25) is 10.1 Å². The number of carbonyl (C=O) groups is 1. The third-order valence-corrected chi connectivity index (χ3v) is 4.25. The van der Waals surface area contributed by atoms with Gasteiger partial charge in [-0.25, -0.2) is 4.79 Å². The number of carboxylic acids is 1. The summed E-state index contributed by atoms with van der Waals surface area (Å²) in [5.41, 5.74) is 0.448. The van der Waals surface area contributed by atoms with Crippen molar-refractivity contribution >= 4 is 29.5 Å². The van der Waals surface area contributed by atoms with Crippen molar-refractivity contribution in [3.8, 4) is 11.3 Å². The van der Waals surface area contributed by atoms with Crippen LogP contribution in [0, 0.1) is 10.1 Å². The number of non-ortho nitro benzene ring substituents is 1. The van der Waals surface area contributed by atoms with Gasteiger partial charge in [-0.1, -0.05) is 19.1 Å². The lowest BCUT2D eigenvalue weighted by molar-refractivity contribution is -0.384. The van der Waals surface area contributed by atoms with Gasteiger partial charge < -0.3 is 13.9 Å². The normalized spacial score (nSPS) is 11.5. The average molecular weight is 387 g/mol. The van der Waals surface area contributed by atoms with E-state index in [2.05, 4.69) is 10.2 Å². The van der Waals surface area contributed by atoms with Crippen LogP contribution in [0.2, 0.25) is 0 Å². The summed E-state index contributed by atoms with van der Waals surface area (Å²) < 4.78 is 10.9. The van der Waals surface area contributed by atoms with E-state index in [9.17, 15) is 20.0 Å². The minimum absolute atomic E-state index is 0.0640. The third-order valence-electron chi connectivity index (χ3n) is 3.40. The number of hydrogen-bond donors (Lipinski definition) is 1. The number of nitro groups is 1. The molecule has 2 heterocycles. The molecule has 0 radical (unpaired) electrons. The second-order valence-electron chi connectivity index (χ2n) is 5.24. The predicted molar refractivity (Wildman–Crippen MR) is 95.9 cm³/mol. The molecule has 0 aliphatic heterocycles.